The van der Waals surface area contributed by atoms with Crippen LogP contribution in [0.3, 0.4) is 0 Å². The quantitative estimate of drug-likeness (QED) is 0.307. The number of nitrogens with zero attached hydrogens (tertiary/aromatic N) is 5. The van der Waals surface area contributed by atoms with Gasteiger partial charge < -0.3 is 26.0 Å². The number of carbonyl (C=O) groups excluding carboxylic acids is 2. The normalized spacial score (nSPS) is 19.0. The molecule has 0 radical (unpaired) electrons. The van der Waals surface area contributed by atoms with E-state index in [4.69, 9.17) is 15.5 Å². The van der Waals surface area contributed by atoms with E-state index in [2.05, 4.69) is 25.5 Å². The molecule has 11 nitrogen and oxygen atoms in total. The van der Waals surface area contributed by atoms with Crippen LogP contribution in [0.15, 0.2) is 55.0 Å². The van der Waals surface area contributed by atoms with Gasteiger partial charge in [0.15, 0.2) is 0 Å². The molecule has 2 aliphatic heterocycles. The molecule has 43 heavy (non-hydrogen) atoms. The molecule has 0 bridgehead atoms. The Morgan fingerprint density at radius 2 is 1.88 bits per heavy atom. The summed E-state index contributed by atoms with van der Waals surface area (Å²) >= 11 is 0. The molecule has 2 fully saturated rings. The number of piperidine rings is 1. The molecule has 224 valence electrons. The van der Waals surface area contributed by atoms with Gasteiger partial charge in [-0.3, -0.25) is 14.0 Å². The predicted molar refractivity (Wildman–Crippen MR) is 152 cm³/mol. The standard InChI is InChI=1S/C29H29F3N8O3/c30-29(31,32)20-7-9-34-22(14-20)37-26(41)18-5-3-17(4-6-18)23-24-25(33)35-10-12-40(24)28(38-23)39-11-1-2-19(15-39)27(42)36-21-8-13-43-16-21/h3-7,9-10,12,14,19,21H,1-2,8,11,13,15-16H2,(H2,33,35)(H,36,42)(H,34,37,41). The number of imidazole rings is 1. The molecule has 14 heteroatoms. The first-order valence-electron chi connectivity index (χ1n) is 13.9. The second kappa shape index (κ2) is 11.5. The summed E-state index contributed by atoms with van der Waals surface area (Å²) in [5.41, 5.74) is 7.38. The fraction of sp³-hybridized carbons (Fsp3) is 0.345. The van der Waals surface area contributed by atoms with Gasteiger partial charge in [-0.1, -0.05) is 12.1 Å². The van der Waals surface area contributed by atoms with Crippen LogP contribution in [-0.4, -0.2) is 63.5 Å². The lowest BCUT2D eigenvalue weighted by Crippen LogP contribution is -2.46. The third kappa shape index (κ3) is 5.95. The fourth-order valence-electron chi connectivity index (χ4n) is 5.46. The van der Waals surface area contributed by atoms with Gasteiger partial charge in [0, 0.05) is 49.4 Å². The maximum Gasteiger partial charge on any atom is 0.416 e. The summed E-state index contributed by atoms with van der Waals surface area (Å²) in [5, 5.41) is 5.51. The zero-order valence-corrected chi connectivity index (χ0v) is 23.0. The van der Waals surface area contributed by atoms with Crippen molar-refractivity contribution in [2.75, 3.05) is 42.3 Å². The van der Waals surface area contributed by atoms with Crippen molar-refractivity contribution >= 4 is 34.9 Å². The van der Waals surface area contributed by atoms with E-state index in [9.17, 15) is 22.8 Å². The van der Waals surface area contributed by atoms with E-state index in [0.29, 0.717) is 49.0 Å². The maximum absolute atomic E-state index is 13.0. The molecule has 2 atom stereocenters. The third-order valence-corrected chi connectivity index (χ3v) is 7.66. The van der Waals surface area contributed by atoms with Crippen molar-refractivity contribution in [1.82, 2.24) is 24.7 Å². The van der Waals surface area contributed by atoms with E-state index >= 15 is 0 Å². The minimum atomic E-state index is -4.56. The highest BCUT2D eigenvalue weighted by atomic mass is 19.4. The van der Waals surface area contributed by atoms with Gasteiger partial charge in [-0.15, -0.1) is 0 Å². The van der Waals surface area contributed by atoms with Crippen LogP contribution in [0.4, 0.5) is 30.8 Å². The number of ether oxygens (including phenoxy) is 1. The van der Waals surface area contributed by atoms with Crippen LogP contribution in [0, 0.1) is 5.92 Å². The lowest BCUT2D eigenvalue weighted by Gasteiger charge is -2.32. The number of rotatable bonds is 6. The molecule has 2 aliphatic rings. The number of aromatic nitrogens is 4. The van der Waals surface area contributed by atoms with Gasteiger partial charge in [-0.05, 0) is 43.5 Å². The van der Waals surface area contributed by atoms with Crippen LogP contribution in [-0.2, 0) is 15.7 Å². The molecule has 0 aliphatic carbocycles. The molecular formula is C29H29F3N8O3. The molecule has 4 aromatic rings. The zero-order valence-electron chi connectivity index (χ0n) is 23.0. The number of benzene rings is 1. The highest BCUT2D eigenvalue weighted by Gasteiger charge is 2.32. The molecule has 0 spiro atoms. The maximum atomic E-state index is 13.0. The number of nitrogens with one attached hydrogen (secondary N) is 2. The smallest absolute Gasteiger partial charge is 0.382 e. The number of alkyl halides is 3. The fourth-order valence-corrected chi connectivity index (χ4v) is 5.46. The summed E-state index contributed by atoms with van der Waals surface area (Å²) < 4.78 is 46.3. The number of anilines is 3. The Hall–Kier alpha value is -4.72. The number of fused-ring (bicyclic) bond motifs is 1. The second-order valence-electron chi connectivity index (χ2n) is 10.6. The Morgan fingerprint density at radius 3 is 2.63 bits per heavy atom. The van der Waals surface area contributed by atoms with Crippen molar-refractivity contribution in [3.8, 4) is 11.3 Å². The predicted octanol–water partition coefficient (Wildman–Crippen LogP) is 3.77. The van der Waals surface area contributed by atoms with E-state index in [-0.39, 0.29) is 35.1 Å². The van der Waals surface area contributed by atoms with Crippen LogP contribution < -0.4 is 21.3 Å². The largest absolute Gasteiger partial charge is 0.416 e. The van der Waals surface area contributed by atoms with Crippen molar-refractivity contribution in [2.45, 2.75) is 31.5 Å². The first-order valence-corrected chi connectivity index (χ1v) is 13.9. The summed E-state index contributed by atoms with van der Waals surface area (Å²) in [4.78, 5) is 40.8. The van der Waals surface area contributed by atoms with E-state index < -0.39 is 17.6 Å². The SMILES string of the molecule is Nc1nccn2c(N3CCCC(C(=O)NC4CCOC4)C3)nc(-c3ccc(C(=O)Nc4cc(C(F)(F)F)ccn4)cc3)c12. The number of hydrogen-bond acceptors (Lipinski definition) is 8. The summed E-state index contributed by atoms with van der Waals surface area (Å²) in [6.45, 7) is 2.38. The first-order chi connectivity index (χ1) is 20.7. The van der Waals surface area contributed by atoms with Gasteiger partial charge in [0.2, 0.25) is 11.9 Å². The van der Waals surface area contributed by atoms with Crippen molar-refractivity contribution < 1.29 is 27.5 Å². The Bertz CT molecular complexity index is 1650. The van der Waals surface area contributed by atoms with Crippen LogP contribution >= 0.6 is 0 Å². The molecule has 2 unspecified atom stereocenters. The Balaban J connectivity index is 1.23. The molecule has 6 rings (SSSR count). The van der Waals surface area contributed by atoms with Crippen molar-refractivity contribution in [1.29, 1.82) is 0 Å². The highest BCUT2D eigenvalue weighted by molar-refractivity contribution is 6.04. The number of carbonyl (C=O) groups is 2. The number of nitrogens with two attached hydrogens (primary N) is 1. The molecule has 3 aromatic heterocycles. The monoisotopic (exact) mass is 594 g/mol. The Kier molecular flexibility index (Phi) is 7.61. The number of amides is 2. The first kappa shape index (κ1) is 28.4. The highest BCUT2D eigenvalue weighted by Crippen LogP contribution is 2.34. The molecule has 0 saturated carbocycles. The van der Waals surface area contributed by atoms with Crippen molar-refractivity contribution in [3.63, 3.8) is 0 Å². The minimum Gasteiger partial charge on any atom is -0.382 e. The molecule has 5 heterocycles. The van der Waals surface area contributed by atoms with Crippen molar-refractivity contribution in [3.05, 3.63) is 66.1 Å². The van der Waals surface area contributed by atoms with Crippen LogP contribution in [0.5, 0.6) is 0 Å². The average molecular weight is 595 g/mol. The number of pyridine rings is 1. The summed E-state index contributed by atoms with van der Waals surface area (Å²) in [7, 11) is 0. The van der Waals surface area contributed by atoms with Crippen molar-refractivity contribution in [2.24, 2.45) is 5.92 Å². The molecule has 2 amide bonds. The lowest BCUT2D eigenvalue weighted by molar-refractivity contribution is -0.137. The number of halogens is 3. The van der Waals surface area contributed by atoms with Gasteiger partial charge in [-0.2, -0.15) is 13.2 Å². The number of nitrogen functional groups attached to an aromatic ring is 1. The van der Waals surface area contributed by atoms with Gasteiger partial charge in [0.05, 0.1) is 24.1 Å². The topological polar surface area (TPSA) is 140 Å². The zero-order chi connectivity index (χ0) is 30.1. The van der Waals surface area contributed by atoms with E-state index in [1.165, 1.54) is 0 Å². The third-order valence-electron chi connectivity index (χ3n) is 7.66. The van der Waals surface area contributed by atoms with E-state index in [1.807, 2.05) is 4.40 Å². The van der Waals surface area contributed by atoms with Crippen LogP contribution in [0.25, 0.3) is 16.8 Å². The van der Waals surface area contributed by atoms with Gasteiger partial charge >= 0.3 is 6.18 Å². The summed E-state index contributed by atoms with van der Waals surface area (Å²) in [6.07, 6.45) is 2.18. The lowest BCUT2D eigenvalue weighted by atomic mass is 9.97. The average Bonchev–Trinajstić information content (AvgIpc) is 3.66. The Morgan fingerprint density at radius 1 is 1.07 bits per heavy atom. The minimum absolute atomic E-state index is 0.0108. The van der Waals surface area contributed by atoms with Gasteiger partial charge in [-0.25, -0.2) is 15.0 Å². The molecule has 4 N–H and O–H groups in total. The van der Waals surface area contributed by atoms with E-state index in [1.54, 1.807) is 36.7 Å². The summed E-state index contributed by atoms with van der Waals surface area (Å²) in [5.74, 6) is -0.126. The van der Waals surface area contributed by atoms with Crippen LogP contribution in [0.1, 0.15) is 35.2 Å². The molecule has 1 aromatic carbocycles. The van der Waals surface area contributed by atoms with Crippen LogP contribution in [0.2, 0.25) is 0 Å². The number of hydrogen-bond donors (Lipinski definition) is 3. The molecule has 2 saturated heterocycles. The Labute approximate surface area is 244 Å². The molecular weight excluding hydrogens is 565 g/mol. The van der Waals surface area contributed by atoms with Gasteiger partial charge in [0.1, 0.15) is 22.8 Å². The second-order valence-corrected chi connectivity index (χ2v) is 10.6. The summed E-state index contributed by atoms with van der Waals surface area (Å²) in [6, 6.07) is 8.11. The van der Waals surface area contributed by atoms with Gasteiger partial charge in [0.25, 0.3) is 5.91 Å². The van der Waals surface area contributed by atoms with E-state index in [0.717, 1.165) is 37.6 Å².